The molecule has 2 unspecified atom stereocenters. The van der Waals surface area contributed by atoms with E-state index in [0.717, 1.165) is 25.1 Å². The number of hydrogen-bond acceptors (Lipinski definition) is 6. The van der Waals surface area contributed by atoms with Crippen molar-refractivity contribution in [2.75, 3.05) is 13.1 Å². The Morgan fingerprint density at radius 2 is 2.19 bits per heavy atom. The highest BCUT2D eigenvalue weighted by molar-refractivity contribution is 6.22. The number of Topliss-reactive ketones (excluding diaryl/α,β-unsaturated/α-hetero) is 1. The van der Waals surface area contributed by atoms with Gasteiger partial charge in [0.25, 0.3) is 0 Å². The molecule has 2 aliphatic heterocycles. The highest BCUT2D eigenvalue weighted by Gasteiger charge is 2.46. The average Bonchev–Trinajstić information content (AvgIpc) is 2.70. The number of ketones is 1. The molecule has 0 amide bonds. The smallest absolute Gasteiger partial charge is 0.325 e. The Morgan fingerprint density at radius 3 is 3.00 bits per heavy atom. The predicted molar refractivity (Wildman–Crippen MR) is 75.9 cm³/mol. The van der Waals surface area contributed by atoms with Crippen LogP contribution in [0, 0.1) is 5.92 Å². The molecule has 0 saturated carbocycles. The summed E-state index contributed by atoms with van der Waals surface area (Å²) in [6, 6.07) is 5.47. The number of pyridine rings is 1. The number of carbonyl (C=O) groups is 2. The number of cyclic esters (lactones) is 1. The molecule has 2 aliphatic rings. The van der Waals surface area contributed by atoms with Crippen LogP contribution in [0.3, 0.4) is 0 Å². The standard InChI is InChI=1S/C15H17N3O3/c19-13-11(9-10-5-1-2-6-16-10)21-15(20)12(13)14-17-7-3-4-8-18-14/h1-2,5-6,11-12H,3-4,7-9H2,(H,17,18). The summed E-state index contributed by atoms with van der Waals surface area (Å²) < 4.78 is 5.23. The minimum Gasteiger partial charge on any atom is -0.453 e. The molecule has 3 rings (SSSR count). The van der Waals surface area contributed by atoms with Gasteiger partial charge in [-0.15, -0.1) is 0 Å². The van der Waals surface area contributed by atoms with E-state index in [0.29, 0.717) is 18.8 Å². The summed E-state index contributed by atoms with van der Waals surface area (Å²) in [4.78, 5) is 32.9. The van der Waals surface area contributed by atoms with Crippen molar-refractivity contribution >= 4 is 17.6 Å². The summed E-state index contributed by atoms with van der Waals surface area (Å²) >= 11 is 0. The summed E-state index contributed by atoms with van der Waals surface area (Å²) in [5, 5.41) is 3.08. The Bertz CT molecular complexity index is 571. The molecule has 1 saturated heterocycles. The molecular formula is C15H17N3O3. The number of rotatable bonds is 3. The molecule has 2 atom stereocenters. The van der Waals surface area contributed by atoms with Crippen LogP contribution in [-0.4, -0.2) is 41.8 Å². The Morgan fingerprint density at radius 1 is 1.29 bits per heavy atom. The maximum absolute atomic E-state index is 12.4. The van der Waals surface area contributed by atoms with E-state index in [9.17, 15) is 9.59 Å². The minimum atomic E-state index is -0.892. The zero-order chi connectivity index (χ0) is 14.7. The van der Waals surface area contributed by atoms with Gasteiger partial charge in [-0.05, 0) is 25.0 Å². The van der Waals surface area contributed by atoms with Gasteiger partial charge >= 0.3 is 5.97 Å². The molecular weight excluding hydrogens is 270 g/mol. The first-order valence-electron chi connectivity index (χ1n) is 7.18. The highest BCUT2D eigenvalue weighted by Crippen LogP contribution is 2.21. The van der Waals surface area contributed by atoms with E-state index in [4.69, 9.17) is 4.74 Å². The number of nitrogens with one attached hydrogen (secondary N) is 1. The molecule has 110 valence electrons. The highest BCUT2D eigenvalue weighted by atomic mass is 16.6. The van der Waals surface area contributed by atoms with Gasteiger partial charge in [-0.2, -0.15) is 0 Å². The normalized spacial score (nSPS) is 25.8. The van der Waals surface area contributed by atoms with E-state index in [1.807, 2.05) is 12.1 Å². The number of esters is 1. The van der Waals surface area contributed by atoms with E-state index in [1.165, 1.54) is 0 Å². The molecule has 0 aromatic carbocycles. The van der Waals surface area contributed by atoms with Crippen LogP contribution in [0.15, 0.2) is 29.4 Å². The monoisotopic (exact) mass is 287 g/mol. The number of aromatic nitrogens is 1. The molecule has 21 heavy (non-hydrogen) atoms. The number of amidine groups is 1. The van der Waals surface area contributed by atoms with E-state index in [1.54, 1.807) is 12.3 Å². The third kappa shape index (κ3) is 2.94. The van der Waals surface area contributed by atoms with E-state index >= 15 is 0 Å². The first kappa shape index (κ1) is 13.7. The molecule has 0 spiro atoms. The molecule has 0 aliphatic carbocycles. The lowest BCUT2D eigenvalue weighted by molar-refractivity contribution is -0.143. The van der Waals surface area contributed by atoms with Gasteiger partial charge in [0.2, 0.25) is 0 Å². The zero-order valence-corrected chi connectivity index (χ0v) is 11.6. The van der Waals surface area contributed by atoms with Crippen molar-refractivity contribution in [2.24, 2.45) is 10.9 Å². The van der Waals surface area contributed by atoms with Crippen molar-refractivity contribution in [3.8, 4) is 0 Å². The average molecular weight is 287 g/mol. The number of aliphatic imine (C=N–C) groups is 1. The van der Waals surface area contributed by atoms with E-state index < -0.39 is 18.0 Å². The predicted octanol–water partition coefficient (Wildman–Crippen LogP) is 0.517. The second-order valence-corrected chi connectivity index (χ2v) is 5.19. The largest absolute Gasteiger partial charge is 0.453 e. The van der Waals surface area contributed by atoms with Gasteiger partial charge in [0.05, 0.1) is 0 Å². The first-order valence-corrected chi connectivity index (χ1v) is 7.18. The number of nitrogens with zero attached hydrogens (tertiary/aromatic N) is 2. The van der Waals surface area contributed by atoms with Crippen LogP contribution < -0.4 is 5.32 Å². The SMILES string of the molecule is O=C1OC(Cc2ccccn2)C(=O)C1C1=NCCCCN1. The summed E-state index contributed by atoms with van der Waals surface area (Å²) in [6.45, 7) is 1.38. The fourth-order valence-electron chi connectivity index (χ4n) is 2.57. The number of ether oxygens (including phenoxy) is 1. The molecule has 1 fully saturated rings. The summed E-state index contributed by atoms with van der Waals surface area (Å²) in [6.07, 6.45) is 3.16. The van der Waals surface area contributed by atoms with E-state index in [2.05, 4.69) is 15.3 Å². The first-order chi connectivity index (χ1) is 10.3. The van der Waals surface area contributed by atoms with Gasteiger partial charge in [0, 0.05) is 31.4 Å². The third-order valence-corrected chi connectivity index (χ3v) is 3.66. The third-order valence-electron chi connectivity index (χ3n) is 3.66. The molecule has 0 radical (unpaired) electrons. The van der Waals surface area contributed by atoms with Crippen LogP contribution in [0.1, 0.15) is 18.5 Å². The Labute approximate surface area is 122 Å². The van der Waals surface area contributed by atoms with Crippen LogP contribution in [0.2, 0.25) is 0 Å². The summed E-state index contributed by atoms with van der Waals surface area (Å²) in [5.74, 6) is -1.16. The fraction of sp³-hybridized carbons (Fsp3) is 0.467. The van der Waals surface area contributed by atoms with Crippen LogP contribution in [0.4, 0.5) is 0 Å². The second kappa shape index (κ2) is 6.03. The number of hydrogen-bond donors (Lipinski definition) is 1. The van der Waals surface area contributed by atoms with Crippen molar-refractivity contribution in [1.29, 1.82) is 0 Å². The van der Waals surface area contributed by atoms with E-state index in [-0.39, 0.29) is 5.78 Å². The topological polar surface area (TPSA) is 80.7 Å². The van der Waals surface area contributed by atoms with Crippen molar-refractivity contribution in [2.45, 2.75) is 25.4 Å². The van der Waals surface area contributed by atoms with Crippen LogP contribution in [0.25, 0.3) is 0 Å². The quantitative estimate of drug-likeness (QED) is 0.647. The van der Waals surface area contributed by atoms with Crippen molar-refractivity contribution in [3.05, 3.63) is 30.1 Å². The fourth-order valence-corrected chi connectivity index (χ4v) is 2.57. The van der Waals surface area contributed by atoms with Crippen LogP contribution in [-0.2, 0) is 20.7 Å². The molecule has 1 N–H and O–H groups in total. The summed E-state index contributed by atoms with van der Waals surface area (Å²) in [5.41, 5.74) is 0.736. The van der Waals surface area contributed by atoms with Crippen LogP contribution in [0.5, 0.6) is 0 Å². The Kier molecular flexibility index (Phi) is 3.94. The molecule has 1 aromatic heterocycles. The van der Waals surface area contributed by atoms with Gasteiger partial charge in [0.15, 0.2) is 17.8 Å². The summed E-state index contributed by atoms with van der Waals surface area (Å²) in [7, 11) is 0. The molecule has 3 heterocycles. The second-order valence-electron chi connectivity index (χ2n) is 5.19. The van der Waals surface area contributed by atoms with Crippen LogP contribution >= 0.6 is 0 Å². The van der Waals surface area contributed by atoms with Gasteiger partial charge < -0.3 is 10.1 Å². The maximum Gasteiger partial charge on any atom is 0.325 e. The van der Waals surface area contributed by atoms with Crippen molar-refractivity contribution in [3.63, 3.8) is 0 Å². The van der Waals surface area contributed by atoms with Crippen molar-refractivity contribution < 1.29 is 14.3 Å². The lowest BCUT2D eigenvalue weighted by Crippen LogP contribution is -2.38. The molecule has 0 bridgehead atoms. The minimum absolute atomic E-state index is 0.223. The molecule has 6 nitrogen and oxygen atoms in total. The van der Waals surface area contributed by atoms with Gasteiger partial charge in [0.1, 0.15) is 5.84 Å². The van der Waals surface area contributed by atoms with Gasteiger partial charge in [-0.25, -0.2) is 0 Å². The van der Waals surface area contributed by atoms with Crippen molar-refractivity contribution in [1.82, 2.24) is 10.3 Å². The zero-order valence-electron chi connectivity index (χ0n) is 11.6. The maximum atomic E-state index is 12.4. The Balaban J connectivity index is 1.74. The number of carbonyl (C=O) groups excluding carboxylic acids is 2. The molecule has 1 aromatic rings. The lowest BCUT2D eigenvalue weighted by atomic mass is 9.99. The lowest BCUT2D eigenvalue weighted by Gasteiger charge is -2.09. The van der Waals surface area contributed by atoms with Gasteiger partial charge in [-0.3, -0.25) is 19.6 Å². The molecule has 6 heteroatoms. The Hall–Kier alpha value is -2.24. The van der Waals surface area contributed by atoms with Gasteiger partial charge in [-0.1, -0.05) is 6.07 Å².